The monoisotopic (exact) mass is 512 g/mol. The number of carbonyl (C=O) groups excluding carboxylic acids is 1. The molecule has 0 aliphatic rings. The second kappa shape index (κ2) is 10.5. The summed E-state index contributed by atoms with van der Waals surface area (Å²) >= 11 is 6.12. The van der Waals surface area contributed by atoms with Crippen molar-refractivity contribution in [3.05, 3.63) is 88.9 Å². The van der Waals surface area contributed by atoms with E-state index >= 15 is 0 Å². The minimum absolute atomic E-state index is 0.00372. The van der Waals surface area contributed by atoms with Crippen molar-refractivity contribution in [2.45, 2.75) is 24.0 Å². The van der Waals surface area contributed by atoms with Crippen molar-refractivity contribution in [2.75, 3.05) is 11.9 Å². The predicted octanol–water partition coefficient (Wildman–Crippen LogP) is 5.42. The molecular formula is C23H20ClF3N2O4S. The van der Waals surface area contributed by atoms with Crippen molar-refractivity contribution in [1.29, 1.82) is 0 Å². The number of para-hydroxylation sites is 1. The number of rotatable bonds is 8. The highest BCUT2D eigenvalue weighted by Crippen LogP contribution is 2.34. The molecule has 0 aliphatic carbocycles. The molecule has 0 unspecified atom stereocenters. The Hall–Kier alpha value is -3.08. The van der Waals surface area contributed by atoms with Crippen LogP contribution in [0.2, 0.25) is 5.02 Å². The molecule has 1 atom stereocenters. The van der Waals surface area contributed by atoms with Gasteiger partial charge >= 0.3 is 6.18 Å². The summed E-state index contributed by atoms with van der Waals surface area (Å²) < 4.78 is 72.4. The van der Waals surface area contributed by atoms with E-state index in [1.54, 1.807) is 31.2 Å². The maximum atomic E-state index is 13.1. The van der Waals surface area contributed by atoms with E-state index in [2.05, 4.69) is 10.0 Å². The van der Waals surface area contributed by atoms with Crippen molar-refractivity contribution in [1.82, 2.24) is 4.72 Å². The van der Waals surface area contributed by atoms with E-state index in [1.165, 1.54) is 24.3 Å². The Morgan fingerprint density at radius 3 is 2.32 bits per heavy atom. The summed E-state index contributed by atoms with van der Waals surface area (Å²) in [4.78, 5) is 12.0. The van der Waals surface area contributed by atoms with Gasteiger partial charge in [-0.15, -0.1) is 0 Å². The van der Waals surface area contributed by atoms with E-state index < -0.39 is 46.0 Å². The molecule has 3 aromatic carbocycles. The zero-order valence-corrected chi connectivity index (χ0v) is 19.3. The molecule has 1 amide bonds. The standard InChI is InChI=1S/C23H20ClF3N2O4S/c1-15(16-7-3-2-4-8-16)29-34(31,32)17-11-12-21(19(24)13-17)33-14-22(30)28-20-10-6-5-9-18(20)23(25,26)27/h2-13,15,29H,14H2,1H3,(H,28,30)/t15-/m1/s1. The number of hydrogen-bond donors (Lipinski definition) is 2. The SMILES string of the molecule is C[C@@H](NS(=O)(=O)c1ccc(OCC(=O)Nc2ccccc2C(F)(F)F)c(Cl)c1)c1ccccc1. The number of sulfonamides is 1. The van der Waals surface area contributed by atoms with Crippen LogP contribution >= 0.6 is 11.6 Å². The Morgan fingerprint density at radius 1 is 1.03 bits per heavy atom. The fraction of sp³-hybridized carbons (Fsp3) is 0.174. The van der Waals surface area contributed by atoms with Crippen LogP contribution in [0.15, 0.2) is 77.7 Å². The Kier molecular flexibility index (Phi) is 7.86. The van der Waals surface area contributed by atoms with E-state index in [0.29, 0.717) is 0 Å². The van der Waals surface area contributed by atoms with E-state index in [0.717, 1.165) is 23.8 Å². The molecule has 0 fully saturated rings. The first-order valence-corrected chi connectivity index (χ1v) is 11.8. The van der Waals surface area contributed by atoms with Gasteiger partial charge in [0.15, 0.2) is 6.61 Å². The van der Waals surface area contributed by atoms with E-state index in [-0.39, 0.29) is 15.7 Å². The van der Waals surface area contributed by atoms with Crippen LogP contribution in [0.3, 0.4) is 0 Å². The number of carbonyl (C=O) groups is 1. The summed E-state index contributed by atoms with van der Waals surface area (Å²) in [6.07, 6.45) is -4.64. The fourth-order valence-corrected chi connectivity index (χ4v) is 4.60. The number of benzene rings is 3. The molecule has 0 heterocycles. The molecule has 0 saturated heterocycles. The quantitative estimate of drug-likeness (QED) is 0.422. The molecular weight excluding hydrogens is 493 g/mol. The van der Waals surface area contributed by atoms with Crippen LogP contribution in [-0.4, -0.2) is 20.9 Å². The Balaban J connectivity index is 1.65. The molecule has 0 saturated carbocycles. The number of anilines is 1. The Labute approximate surface area is 199 Å². The third-order valence-corrected chi connectivity index (χ3v) is 6.54. The van der Waals surface area contributed by atoms with Gasteiger partial charge in [0.1, 0.15) is 5.75 Å². The molecule has 11 heteroatoms. The molecule has 0 aromatic heterocycles. The molecule has 0 radical (unpaired) electrons. The number of hydrogen-bond acceptors (Lipinski definition) is 4. The summed E-state index contributed by atoms with van der Waals surface area (Å²) in [7, 11) is -3.91. The van der Waals surface area contributed by atoms with Crippen molar-refractivity contribution in [2.24, 2.45) is 0 Å². The average Bonchev–Trinajstić information content (AvgIpc) is 2.78. The maximum absolute atomic E-state index is 13.1. The minimum Gasteiger partial charge on any atom is -0.482 e. The highest BCUT2D eigenvalue weighted by Gasteiger charge is 2.33. The van der Waals surface area contributed by atoms with Gasteiger partial charge in [0.2, 0.25) is 10.0 Å². The summed E-state index contributed by atoms with van der Waals surface area (Å²) in [5.74, 6) is -0.848. The smallest absolute Gasteiger partial charge is 0.418 e. The largest absolute Gasteiger partial charge is 0.482 e. The molecule has 2 N–H and O–H groups in total. The first-order chi connectivity index (χ1) is 16.0. The summed E-state index contributed by atoms with van der Waals surface area (Å²) in [5, 5.41) is 2.06. The number of amides is 1. The van der Waals surface area contributed by atoms with Crippen molar-refractivity contribution < 1.29 is 31.1 Å². The molecule has 0 spiro atoms. The normalized spacial score (nSPS) is 12.7. The van der Waals surface area contributed by atoms with Crippen molar-refractivity contribution in [3.63, 3.8) is 0 Å². The van der Waals surface area contributed by atoms with Crippen LogP contribution in [0, 0.1) is 0 Å². The van der Waals surface area contributed by atoms with Crippen LogP contribution < -0.4 is 14.8 Å². The number of nitrogens with one attached hydrogen (secondary N) is 2. The summed E-state index contributed by atoms with van der Waals surface area (Å²) in [6.45, 7) is 1.06. The topological polar surface area (TPSA) is 84.5 Å². The number of halogens is 4. The summed E-state index contributed by atoms with van der Waals surface area (Å²) in [5.41, 5.74) is -0.627. The minimum atomic E-state index is -4.64. The predicted molar refractivity (Wildman–Crippen MR) is 122 cm³/mol. The lowest BCUT2D eigenvalue weighted by atomic mass is 10.1. The van der Waals surface area contributed by atoms with Gasteiger partial charge in [-0.05, 0) is 42.8 Å². The third kappa shape index (κ3) is 6.49. The van der Waals surface area contributed by atoms with E-state index in [1.807, 2.05) is 6.07 Å². The molecule has 6 nitrogen and oxygen atoms in total. The summed E-state index contributed by atoms with van der Waals surface area (Å²) in [6, 6.07) is 16.7. The average molecular weight is 513 g/mol. The molecule has 3 rings (SSSR count). The van der Waals surface area contributed by atoms with Gasteiger partial charge in [0, 0.05) is 6.04 Å². The molecule has 34 heavy (non-hydrogen) atoms. The Morgan fingerprint density at radius 2 is 1.68 bits per heavy atom. The Bertz CT molecular complexity index is 1270. The van der Waals surface area contributed by atoms with Gasteiger partial charge in [0.25, 0.3) is 5.91 Å². The third-order valence-electron chi connectivity index (χ3n) is 4.71. The molecule has 3 aromatic rings. The van der Waals surface area contributed by atoms with E-state index in [4.69, 9.17) is 16.3 Å². The van der Waals surface area contributed by atoms with Gasteiger partial charge in [-0.25, -0.2) is 13.1 Å². The lowest BCUT2D eigenvalue weighted by Crippen LogP contribution is -2.27. The highest BCUT2D eigenvalue weighted by molar-refractivity contribution is 7.89. The highest BCUT2D eigenvalue weighted by atomic mass is 35.5. The maximum Gasteiger partial charge on any atom is 0.418 e. The second-order valence-electron chi connectivity index (χ2n) is 7.23. The van der Waals surface area contributed by atoms with Gasteiger partial charge in [-0.1, -0.05) is 54.1 Å². The fourth-order valence-electron chi connectivity index (χ4n) is 3.05. The lowest BCUT2D eigenvalue weighted by molar-refractivity contribution is -0.137. The van der Waals surface area contributed by atoms with Crippen LogP contribution in [0.4, 0.5) is 18.9 Å². The first kappa shape index (κ1) is 25.5. The zero-order valence-electron chi connectivity index (χ0n) is 17.8. The van der Waals surface area contributed by atoms with Crippen LogP contribution in [0.25, 0.3) is 0 Å². The molecule has 180 valence electrons. The molecule has 0 bridgehead atoms. The van der Waals surface area contributed by atoms with Crippen LogP contribution in [0.5, 0.6) is 5.75 Å². The van der Waals surface area contributed by atoms with Crippen LogP contribution in [0.1, 0.15) is 24.1 Å². The van der Waals surface area contributed by atoms with Gasteiger partial charge in [0.05, 0.1) is 21.2 Å². The van der Waals surface area contributed by atoms with Crippen molar-refractivity contribution in [3.8, 4) is 5.75 Å². The van der Waals surface area contributed by atoms with Gasteiger partial charge < -0.3 is 10.1 Å². The van der Waals surface area contributed by atoms with Gasteiger partial charge in [-0.2, -0.15) is 13.2 Å². The van der Waals surface area contributed by atoms with Gasteiger partial charge in [-0.3, -0.25) is 4.79 Å². The second-order valence-corrected chi connectivity index (χ2v) is 9.35. The van der Waals surface area contributed by atoms with Crippen LogP contribution in [-0.2, 0) is 21.0 Å². The van der Waals surface area contributed by atoms with E-state index in [9.17, 15) is 26.4 Å². The number of ether oxygens (including phenoxy) is 1. The lowest BCUT2D eigenvalue weighted by Gasteiger charge is -2.16. The zero-order chi connectivity index (χ0) is 24.9. The first-order valence-electron chi connectivity index (χ1n) is 9.93. The van der Waals surface area contributed by atoms with Crippen molar-refractivity contribution >= 4 is 33.2 Å². The number of alkyl halides is 3. The molecule has 0 aliphatic heterocycles.